The summed E-state index contributed by atoms with van der Waals surface area (Å²) in [4.78, 5) is 0. The van der Waals surface area contributed by atoms with Crippen LogP contribution in [0, 0.1) is 11.8 Å². The van der Waals surface area contributed by atoms with Crippen LogP contribution in [0.3, 0.4) is 0 Å². The quantitative estimate of drug-likeness (QED) is 0.866. The van der Waals surface area contributed by atoms with Crippen molar-refractivity contribution in [2.75, 3.05) is 13.7 Å². The fourth-order valence-electron chi connectivity index (χ4n) is 1.72. The van der Waals surface area contributed by atoms with Crippen molar-refractivity contribution < 1.29 is 14.6 Å². The lowest BCUT2D eigenvalue weighted by Gasteiger charge is -2.07. The molecule has 0 aromatic heterocycles. The van der Waals surface area contributed by atoms with E-state index in [-0.39, 0.29) is 6.61 Å². The first-order valence-corrected chi connectivity index (χ1v) is 6.27. The number of benzene rings is 2. The molecule has 0 amide bonds. The van der Waals surface area contributed by atoms with Gasteiger partial charge in [0.2, 0.25) is 0 Å². The summed E-state index contributed by atoms with van der Waals surface area (Å²) in [5.74, 6) is 7.10. The highest BCUT2D eigenvalue weighted by molar-refractivity contribution is 5.37. The summed E-state index contributed by atoms with van der Waals surface area (Å²) >= 11 is 0. The lowest BCUT2D eigenvalue weighted by atomic mass is 10.1. The SMILES string of the molecule is COc1ccc(OCc2cccc(C#CCO)c2)cc1. The second-order valence-corrected chi connectivity index (χ2v) is 4.12. The van der Waals surface area contributed by atoms with Crippen molar-refractivity contribution in [3.05, 3.63) is 59.7 Å². The van der Waals surface area contributed by atoms with Crippen LogP contribution in [-0.4, -0.2) is 18.8 Å². The average molecular weight is 268 g/mol. The fourth-order valence-corrected chi connectivity index (χ4v) is 1.72. The van der Waals surface area contributed by atoms with Gasteiger partial charge in [0.15, 0.2) is 0 Å². The topological polar surface area (TPSA) is 38.7 Å². The number of hydrogen-bond acceptors (Lipinski definition) is 3. The van der Waals surface area contributed by atoms with Crippen LogP contribution in [0.4, 0.5) is 0 Å². The zero-order valence-electron chi connectivity index (χ0n) is 11.3. The Labute approximate surface area is 118 Å². The Bertz CT molecular complexity index is 606. The molecular weight excluding hydrogens is 252 g/mol. The lowest BCUT2D eigenvalue weighted by molar-refractivity contribution is 0.305. The third-order valence-electron chi connectivity index (χ3n) is 2.70. The van der Waals surface area contributed by atoms with Gasteiger partial charge in [-0.15, -0.1) is 0 Å². The number of aliphatic hydroxyl groups excluding tert-OH is 1. The van der Waals surface area contributed by atoms with Gasteiger partial charge in [-0.3, -0.25) is 0 Å². The molecule has 3 heteroatoms. The summed E-state index contributed by atoms with van der Waals surface area (Å²) in [6.45, 7) is 0.341. The van der Waals surface area contributed by atoms with Crippen LogP contribution in [-0.2, 0) is 6.61 Å². The molecule has 0 atom stereocenters. The van der Waals surface area contributed by atoms with E-state index in [1.807, 2.05) is 48.5 Å². The van der Waals surface area contributed by atoms with Gasteiger partial charge in [-0.25, -0.2) is 0 Å². The smallest absolute Gasteiger partial charge is 0.120 e. The minimum absolute atomic E-state index is 0.132. The summed E-state index contributed by atoms with van der Waals surface area (Å²) in [6.07, 6.45) is 0. The molecule has 0 heterocycles. The van der Waals surface area contributed by atoms with Crippen LogP contribution in [0.15, 0.2) is 48.5 Å². The molecule has 0 aliphatic carbocycles. The first-order chi connectivity index (χ1) is 9.81. The number of aliphatic hydroxyl groups is 1. The van der Waals surface area contributed by atoms with Crippen molar-refractivity contribution in [3.63, 3.8) is 0 Å². The summed E-state index contributed by atoms with van der Waals surface area (Å²) in [7, 11) is 1.63. The maximum atomic E-state index is 8.68. The second kappa shape index (κ2) is 7.22. The van der Waals surface area contributed by atoms with E-state index in [0.717, 1.165) is 22.6 Å². The van der Waals surface area contributed by atoms with Crippen molar-refractivity contribution in [1.82, 2.24) is 0 Å². The molecule has 0 unspecified atom stereocenters. The van der Waals surface area contributed by atoms with Gasteiger partial charge in [-0.2, -0.15) is 0 Å². The maximum absolute atomic E-state index is 8.68. The van der Waals surface area contributed by atoms with E-state index in [9.17, 15) is 0 Å². The summed E-state index contributed by atoms with van der Waals surface area (Å²) in [5.41, 5.74) is 1.90. The molecule has 102 valence electrons. The second-order valence-electron chi connectivity index (χ2n) is 4.12. The normalized spacial score (nSPS) is 9.50. The Balaban J connectivity index is 1.99. The molecule has 0 saturated heterocycles. The average Bonchev–Trinajstić information content (AvgIpc) is 2.52. The first kappa shape index (κ1) is 14.0. The van der Waals surface area contributed by atoms with E-state index in [1.54, 1.807) is 7.11 Å². The molecule has 0 aliphatic rings. The van der Waals surface area contributed by atoms with E-state index in [4.69, 9.17) is 14.6 Å². The first-order valence-electron chi connectivity index (χ1n) is 6.27. The molecule has 0 bridgehead atoms. The van der Waals surface area contributed by atoms with Crippen LogP contribution < -0.4 is 9.47 Å². The highest BCUT2D eigenvalue weighted by Gasteiger charge is 1.98. The maximum Gasteiger partial charge on any atom is 0.120 e. The summed E-state index contributed by atoms with van der Waals surface area (Å²) < 4.78 is 10.8. The zero-order valence-corrected chi connectivity index (χ0v) is 11.3. The van der Waals surface area contributed by atoms with Gasteiger partial charge in [0.05, 0.1) is 7.11 Å². The predicted octanol–water partition coefficient (Wildman–Crippen LogP) is 2.62. The minimum atomic E-state index is -0.132. The van der Waals surface area contributed by atoms with Crippen molar-refractivity contribution in [3.8, 4) is 23.3 Å². The van der Waals surface area contributed by atoms with Gasteiger partial charge in [0.1, 0.15) is 24.7 Å². The summed E-state index contributed by atoms with van der Waals surface area (Å²) in [6, 6.07) is 15.2. The number of rotatable bonds is 4. The van der Waals surface area contributed by atoms with E-state index in [0.29, 0.717) is 6.61 Å². The molecule has 0 aliphatic heterocycles. The molecule has 3 nitrogen and oxygen atoms in total. The molecule has 2 rings (SSSR count). The molecule has 2 aromatic carbocycles. The molecule has 2 aromatic rings. The van der Waals surface area contributed by atoms with Gasteiger partial charge in [0, 0.05) is 5.56 Å². The Morgan fingerprint density at radius 2 is 1.80 bits per heavy atom. The third kappa shape index (κ3) is 4.04. The number of methoxy groups -OCH3 is 1. The molecule has 0 fully saturated rings. The standard InChI is InChI=1S/C17H16O3/c1-19-16-7-9-17(10-8-16)20-13-15-5-2-4-14(12-15)6-3-11-18/h2,4-5,7-10,12,18H,11,13H2,1H3. The highest BCUT2D eigenvalue weighted by atomic mass is 16.5. The monoisotopic (exact) mass is 268 g/mol. The van der Waals surface area contributed by atoms with E-state index in [2.05, 4.69) is 11.8 Å². The lowest BCUT2D eigenvalue weighted by Crippen LogP contribution is -1.95. The molecule has 0 radical (unpaired) electrons. The van der Waals surface area contributed by atoms with Gasteiger partial charge in [-0.1, -0.05) is 24.0 Å². The molecule has 0 saturated carbocycles. The Morgan fingerprint density at radius 3 is 2.50 bits per heavy atom. The van der Waals surface area contributed by atoms with E-state index in [1.165, 1.54) is 0 Å². The largest absolute Gasteiger partial charge is 0.497 e. The van der Waals surface area contributed by atoms with Crippen molar-refractivity contribution in [2.24, 2.45) is 0 Å². The minimum Gasteiger partial charge on any atom is -0.497 e. The number of hydrogen-bond donors (Lipinski definition) is 1. The molecule has 1 N–H and O–H groups in total. The van der Waals surface area contributed by atoms with Gasteiger partial charge in [-0.05, 0) is 42.0 Å². The molecular formula is C17H16O3. The van der Waals surface area contributed by atoms with Crippen LogP contribution >= 0.6 is 0 Å². The van der Waals surface area contributed by atoms with Gasteiger partial charge in [0.25, 0.3) is 0 Å². The molecule has 0 spiro atoms. The van der Waals surface area contributed by atoms with Crippen LogP contribution in [0.1, 0.15) is 11.1 Å². The van der Waals surface area contributed by atoms with Crippen molar-refractivity contribution in [1.29, 1.82) is 0 Å². The predicted molar refractivity (Wildman–Crippen MR) is 77.7 cm³/mol. The zero-order chi connectivity index (χ0) is 14.2. The van der Waals surface area contributed by atoms with Crippen LogP contribution in [0.2, 0.25) is 0 Å². The number of ether oxygens (including phenoxy) is 2. The van der Waals surface area contributed by atoms with Gasteiger partial charge < -0.3 is 14.6 Å². The third-order valence-corrected chi connectivity index (χ3v) is 2.70. The van der Waals surface area contributed by atoms with E-state index >= 15 is 0 Å². The van der Waals surface area contributed by atoms with Crippen LogP contribution in [0.25, 0.3) is 0 Å². The summed E-state index contributed by atoms with van der Waals surface area (Å²) in [5, 5.41) is 8.68. The Morgan fingerprint density at radius 1 is 1.05 bits per heavy atom. The Kier molecular flexibility index (Phi) is 5.05. The van der Waals surface area contributed by atoms with Crippen LogP contribution in [0.5, 0.6) is 11.5 Å². The van der Waals surface area contributed by atoms with E-state index < -0.39 is 0 Å². The highest BCUT2D eigenvalue weighted by Crippen LogP contribution is 2.18. The van der Waals surface area contributed by atoms with Crippen molar-refractivity contribution >= 4 is 0 Å². The molecule has 20 heavy (non-hydrogen) atoms. The fraction of sp³-hybridized carbons (Fsp3) is 0.176. The Hall–Kier alpha value is -2.44. The van der Waals surface area contributed by atoms with Gasteiger partial charge >= 0.3 is 0 Å². The van der Waals surface area contributed by atoms with Crippen molar-refractivity contribution in [2.45, 2.75) is 6.61 Å².